The maximum Gasteiger partial charge on any atom is 0.416 e. The Balaban J connectivity index is 0.00000106. The van der Waals surface area contributed by atoms with E-state index in [2.05, 4.69) is 10.0 Å². The molecule has 3 heterocycles. The summed E-state index contributed by atoms with van der Waals surface area (Å²) in [6.45, 7) is 5.54. The van der Waals surface area contributed by atoms with Crippen molar-refractivity contribution in [3.8, 4) is 0 Å². The minimum Gasteiger partial charge on any atom is -0.307 e. The molecule has 0 amide bonds. The molecule has 0 unspecified atom stereocenters. The standard InChI is InChI=1S/C19H22F4N2O2S.CH2O/c20-16-4-15(19(21,22)23)2-1-14(16)3-13-5-17(6-13)7-24(8-17)25-9-18(10-25)11-28(26,27)12-18;1-2/h1-2,4,13H,3,5-12H2;1H2. The van der Waals surface area contributed by atoms with Crippen LogP contribution in [-0.4, -0.2) is 62.9 Å². The summed E-state index contributed by atoms with van der Waals surface area (Å²) in [6, 6.07) is 2.82. The molecule has 4 aliphatic rings. The van der Waals surface area contributed by atoms with E-state index in [4.69, 9.17) is 4.79 Å². The van der Waals surface area contributed by atoms with E-state index in [0.717, 1.165) is 45.1 Å². The van der Waals surface area contributed by atoms with Crippen LogP contribution >= 0.6 is 0 Å². The average Bonchev–Trinajstić information content (AvgIpc) is 2.53. The van der Waals surface area contributed by atoms with Crippen LogP contribution in [0.25, 0.3) is 0 Å². The van der Waals surface area contributed by atoms with Gasteiger partial charge in [-0.2, -0.15) is 13.2 Å². The van der Waals surface area contributed by atoms with Crippen molar-refractivity contribution in [2.45, 2.75) is 25.4 Å². The van der Waals surface area contributed by atoms with Gasteiger partial charge in [0.1, 0.15) is 12.6 Å². The first-order valence-electron chi connectivity index (χ1n) is 9.81. The van der Waals surface area contributed by atoms with E-state index in [1.54, 1.807) is 0 Å². The number of benzene rings is 1. The molecule has 5 rings (SSSR count). The zero-order valence-corrected chi connectivity index (χ0v) is 17.2. The smallest absolute Gasteiger partial charge is 0.307 e. The lowest BCUT2D eigenvalue weighted by Crippen LogP contribution is -2.77. The molecular weight excluding hydrogens is 424 g/mol. The molecule has 0 atom stereocenters. The lowest BCUT2D eigenvalue weighted by atomic mass is 9.57. The number of carbonyl (C=O) groups excluding carboxylic acids is 1. The zero-order chi connectivity index (χ0) is 21.9. The highest BCUT2D eigenvalue weighted by atomic mass is 32.2. The highest BCUT2D eigenvalue weighted by molar-refractivity contribution is 7.92. The van der Waals surface area contributed by atoms with Gasteiger partial charge >= 0.3 is 6.18 Å². The highest BCUT2D eigenvalue weighted by Gasteiger charge is 2.61. The fraction of sp³-hybridized carbons (Fsp3) is 0.650. The Hall–Kier alpha value is -1.52. The van der Waals surface area contributed by atoms with Crippen molar-refractivity contribution < 1.29 is 30.8 Å². The molecule has 0 N–H and O–H groups in total. The Morgan fingerprint density at radius 3 is 2.00 bits per heavy atom. The fourth-order valence-electron chi connectivity index (χ4n) is 5.70. The molecule has 1 aromatic rings. The molecule has 0 radical (unpaired) electrons. The maximum atomic E-state index is 14.0. The molecule has 3 saturated heterocycles. The van der Waals surface area contributed by atoms with Crippen LogP contribution in [0.4, 0.5) is 17.6 Å². The Bertz CT molecular complexity index is 916. The number of alkyl halides is 3. The molecule has 4 fully saturated rings. The monoisotopic (exact) mass is 448 g/mol. The molecule has 30 heavy (non-hydrogen) atoms. The van der Waals surface area contributed by atoms with Crippen molar-refractivity contribution in [3.05, 3.63) is 35.1 Å². The summed E-state index contributed by atoms with van der Waals surface area (Å²) in [6.07, 6.45) is -2.10. The number of carbonyl (C=O) groups is 1. The van der Waals surface area contributed by atoms with Crippen LogP contribution in [0.15, 0.2) is 18.2 Å². The van der Waals surface area contributed by atoms with Gasteiger partial charge in [-0.1, -0.05) is 6.07 Å². The van der Waals surface area contributed by atoms with Gasteiger partial charge in [0.25, 0.3) is 0 Å². The van der Waals surface area contributed by atoms with Gasteiger partial charge in [-0.05, 0) is 48.3 Å². The van der Waals surface area contributed by atoms with Crippen LogP contribution < -0.4 is 0 Å². The third-order valence-corrected chi connectivity index (χ3v) is 8.96. The van der Waals surface area contributed by atoms with Gasteiger partial charge in [-0.15, -0.1) is 0 Å². The summed E-state index contributed by atoms with van der Waals surface area (Å²) < 4.78 is 74.7. The van der Waals surface area contributed by atoms with E-state index < -0.39 is 27.4 Å². The van der Waals surface area contributed by atoms with Gasteiger partial charge in [0.05, 0.1) is 17.1 Å². The van der Waals surface area contributed by atoms with Crippen LogP contribution in [0.5, 0.6) is 0 Å². The topological polar surface area (TPSA) is 57.7 Å². The first-order chi connectivity index (χ1) is 14.0. The second-order valence-corrected chi connectivity index (χ2v) is 11.5. The van der Waals surface area contributed by atoms with Gasteiger partial charge in [0, 0.05) is 31.6 Å². The first-order valence-corrected chi connectivity index (χ1v) is 11.6. The quantitative estimate of drug-likeness (QED) is 0.666. The van der Waals surface area contributed by atoms with Gasteiger partial charge in [-0.25, -0.2) is 22.8 Å². The van der Waals surface area contributed by atoms with E-state index in [1.165, 1.54) is 6.07 Å². The molecule has 166 valence electrons. The first kappa shape index (κ1) is 21.7. The van der Waals surface area contributed by atoms with Crippen molar-refractivity contribution in [1.82, 2.24) is 10.0 Å². The lowest BCUT2D eigenvalue weighted by Gasteiger charge is -2.67. The molecule has 1 aromatic carbocycles. The number of nitrogens with zero attached hydrogens (tertiary/aromatic N) is 2. The molecule has 1 saturated carbocycles. The molecular formula is C20H24F4N2O3S. The van der Waals surface area contributed by atoms with Gasteiger partial charge in [-0.3, -0.25) is 0 Å². The average molecular weight is 448 g/mol. The Morgan fingerprint density at radius 2 is 1.53 bits per heavy atom. The summed E-state index contributed by atoms with van der Waals surface area (Å²) in [5.41, 5.74) is -0.342. The predicted molar refractivity (Wildman–Crippen MR) is 102 cm³/mol. The Kier molecular flexibility index (Phi) is 5.06. The highest BCUT2D eigenvalue weighted by Crippen LogP contribution is 2.55. The fourth-order valence-corrected chi connectivity index (χ4v) is 7.84. The van der Waals surface area contributed by atoms with E-state index >= 15 is 0 Å². The minimum absolute atomic E-state index is 0.0101. The third kappa shape index (κ3) is 3.78. The molecule has 3 aliphatic heterocycles. The Morgan fingerprint density at radius 1 is 1.00 bits per heavy atom. The van der Waals surface area contributed by atoms with E-state index in [-0.39, 0.29) is 10.8 Å². The summed E-state index contributed by atoms with van der Waals surface area (Å²) in [7, 11) is -2.79. The summed E-state index contributed by atoms with van der Waals surface area (Å²) >= 11 is 0. The largest absolute Gasteiger partial charge is 0.416 e. The van der Waals surface area contributed by atoms with E-state index in [9.17, 15) is 26.0 Å². The molecule has 0 aromatic heterocycles. The summed E-state index contributed by atoms with van der Waals surface area (Å²) in [5.74, 6) is 0.173. The van der Waals surface area contributed by atoms with Crippen LogP contribution in [0.3, 0.4) is 0 Å². The number of sulfone groups is 1. The number of halogens is 4. The molecule has 1 aliphatic carbocycles. The van der Waals surface area contributed by atoms with E-state index in [1.807, 2.05) is 6.79 Å². The third-order valence-electron chi connectivity index (χ3n) is 6.86. The molecule has 5 nitrogen and oxygen atoms in total. The number of hydrazine groups is 1. The predicted octanol–water partition coefficient (Wildman–Crippen LogP) is 2.56. The van der Waals surface area contributed by atoms with Crippen LogP contribution in [0, 0.1) is 22.6 Å². The molecule has 0 bridgehead atoms. The number of rotatable bonds is 3. The van der Waals surface area contributed by atoms with Gasteiger partial charge < -0.3 is 4.79 Å². The number of hydrogen-bond donors (Lipinski definition) is 0. The molecule has 2 spiro atoms. The van der Waals surface area contributed by atoms with Crippen molar-refractivity contribution in [3.63, 3.8) is 0 Å². The zero-order valence-electron chi connectivity index (χ0n) is 16.4. The second kappa shape index (κ2) is 7.00. The van der Waals surface area contributed by atoms with Gasteiger partial charge in [0.15, 0.2) is 9.84 Å². The SMILES string of the molecule is C=O.O=S1(=O)CC2(CN(N3CC4(CC(Cc5ccc(C(F)(F)F)cc5F)C4)C3)C2)C1. The van der Waals surface area contributed by atoms with Gasteiger partial charge in [0.2, 0.25) is 0 Å². The van der Waals surface area contributed by atoms with Crippen LogP contribution in [0.2, 0.25) is 0 Å². The summed E-state index contributed by atoms with van der Waals surface area (Å²) in [4.78, 5) is 8.00. The second-order valence-electron chi connectivity index (χ2n) is 9.46. The van der Waals surface area contributed by atoms with E-state index in [0.29, 0.717) is 35.5 Å². The van der Waals surface area contributed by atoms with Crippen LogP contribution in [-0.2, 0) is 27.2 Å². The minimum atomic E-state index is -4.52. The van der Waals surface area contributed by atoms with Crippen molar-refractivity contribution in [2.24, 2.45) is 16.7 Å². The maximum absolute atomic E-state index is 14.0. The lowest BCUT2D eigenvalue weighted by molar-refractivity contribution is -0.242. The van der Waals surface area contributed by atoms with Crippen LogP contribution in [0.1, 0.15) is 24.0 Å². The summed E-state index contributed by atoms with van der Waals surface area (Å²) in [5, 5.41) is 4.52. The normalized spacial score (nSPS) is 26.7. The number of hydrogen-bond acceptors (Lipinski definition) is 5. The van der Waals surface area contributed by atoms with Crippen molar-refractivity contribution in [1.29, 1.82) is 0 Å². The van der Waals surface area contributed by atoms with Crippen molar-refractivity contribution in [2.75, 3.05) is 37.7 Å². The van der Waals surface area contributed by atoms with Crippen molar-refractivity contribution >= 4 is 16.6 Å². The molecule has 10 heteroatoms. The Labute approximate surface area is 172 Å².